The third-order valence-electron chi connectivity index (χ3n) is 4.75. The van der Waals surface area contributed by atoms with Crippen molar-refractivity contribution in [2.24, 2.45) is 5.92 Å². The molecule has 0 aliphatic heterocycles. The molecule has 0 saturated carbocycles. The first-order valence-electron chi connectivity index (χ1n) is 9.72. The van der Waals surface area contributed by atoms with Crippen LogP contribution < -0.4 is 5.32 Å². The van der Waals surface area contributed by atoms with E-state index in [1.54, 1.807) is 11.3 Å². The van der Waals surface area contributed by atoms with Crippen LogP contribution in [0.15, 0.2) is 54.6 Å². The number of carbonyl (C=O) groups is 2. The van der Waals surface area contributed by atoms with Gasteiger partial charge in [0.25, 0.3) is 5.91 Å². The van der Waals surface area contributed by atoms with Crippen LogP contribution in [0, 0.1) is 5.92 Å². The molecule has 1 aromatic heterocycles. The molecule has 0 unspecified atom stereocenters. The second kappa shape index (κ2) is 9.18. The monoisotopic (exact) mass is 410 g/mol. The van der Waals surface area contributed by atoms with Crippen LogP contribution in [0.1, 0.15) is 31.3 Å². The van der Waals surface area contributed by atoms with Crippen LogP contribution in [0.25, 0.3) is 10.2 Å². The highest BCUT2D eigenvalue weighted by Crippen LogP contribution is 2.33. The molecule has 152 valence electrons. The van der Waals surface area contributed by atoms with Crippen molar-refractivity contribution in [2.45, 2.75) is 32.6 Å². The van der Waals surface area contributed by atoms with Gasteiger partial charge in [-0.2, -0.15) is 0 Å². The fraction of sp³-hybridized carbons (Fsp3) is 0.348. The lowest BCUT2D eigenvalue weighted by atomic mass is 9.79. The number of amides is 1. The standard InChI is InChI=1S/C23H26N2O3S/c1-16(2)14-24-20(26)15-28-22(27)23(3,17-9-5-4-6-10-17)13-21-25-18-11-7-8-12-19(18)29-21/h4-12,16H,13-15H2,1-3H3,(H,24,26)/t23-/m1/s1. The number of fused-ring (bicyclic) bond motifs is 1. The van der Waals surface area contributed by atoms with Gasteiger partial charge in [0, 0.05) is 13.0 Å². The molecule has 6 heteroatoms. The Morgan fingerprint density at radius 3 is 2.48 bits per heavy atom. The van der Waals surface area contributed by atoms with Crippen molar-refractivity contribution in [3.05, 3.63) is 65.2 Å². The molecule has 5 nitrogen and oxygen atoms in total. The molecule has 3 aromatic rings. The van der Waals surface area contributed by atoms with E-state index in [-0.39, 0.29) is 12.5 Å². The number of hydrogen-bond donors (Lipinski definition) is 1. The second-order valence-corrected chi connectivity index (χ2v) is 8.84. The average molecular weight is 411 g/mol. The highest BCUT2D eigenvalue weighted by Gasteiger charge is 2.38. The van der Waals surface area contributed by atoms with E-state index in [1.807, 2.05) is 75.4 Å². The van der Waals surface area contributed by atoms with Crippen molar-refractivity contribution >= 4 is 33.4 Å². The van der Waals surface area contributed by atoms with Gasteiger partial charge in [-0.3, -0.25) is 9.59 Å². The van der Waals surface area contributed by atoms with Crippen molar-refractivity contribution in [2.75, 3.05) is 13.2 Å². The third kappa shape index (κ3) is 5.21. The molecule has 2 aromatic carbocycles. The largest absolute Gasteiger partial charge is 0.455 e. The number of ether oxygens (including phenoxy) is 1. The SMILES string of the molecule is CC(C)CNC(=O)COC(=O)[C@](C)(Cc1nc2ccccc2s1)c1ccccc1. The molecule has 29 heavy (non-hydrogen) atoms. The first-order valence-corrected chi connectivity index (χ1v) is 10.5. The van der Waals surface area contributed by atoms with Gasteiger partial charge in [-0.25, -0.2) is 4.98 Å². The van der Waals surface area contributed by atoms with Gasteiger partial charge in [0.15, 0.2) is 6.61 Å². The Bertz CT molecular complexity index is 951. The lowest BCUT2D eigenvalue weighted by molar-refractivity contribution is -0.154. The molecule has 0 saturated heterocycles. The summed E-state index contributed by atoms with van der Waals surface area (Å²) in [5, 5.41) is 3.63. The fourth-order valence-corrected chi connectivity index (χ4v) is 4.18. The molecule has 0 aliphatic carbocycles. The number of nitrogens with zero attached hydrogens (tertiary/aromatic N) is 1. The van der Waals surface area contributed by atoms with Crippen LogP contribution in [0.2, 0.25) is 0 Å². The number of hydrogen-bond acceptors (Lipinski definition) is 5. The van der Waals surface area contributed by atoms with Crippen LogP contribution in [-0.2, 0) is 26.2 Å². The van der Waals surface area contributed by atoms with Gasteiger partial charge in [0.1, 0.15) is 0 Å². The molecule has 0 bridgehead atoms. The van der Waals surface area contributed by atoms with E-state index < -0.39 is 11.4 Å². The van der Waals surface area contributed by atoms with Gasteiger partial charge in [0.05, 0.1) is 20.6 Å². The number of rotatable bonds is 8. The van der Waals surface area contributed by atoms with Crippen molar-refractivity contribution in [3.63, 3.8) is 0 Å². The average Bonchev–Trinajstić information content (AvgIpc) is 3.13. The Balaban J connectivity index is 1.80. The van der Waals surface area contributed by atoms with Crippen LogP contribution in [0.4, 0.5) is 0 Å². The van der Waals surface area contributed by atoms with Crippen molar-refractivity contribution in [3.8, 4) is 0 Å². The Kier molecular flexibility index (Phi) is 6.64. The molecule has 1 amide bonds. The second-order valence-electron chi connectivity index (χ2n) is 7.72. The fourth-order valence-electron chi connectivity index (χ4n) is 3.06. The van der Waals surface area contributed by atoms with E-state index >= 15 is 0 Å². The summed E-state index contributed by atoms with van der Waals surface area (Å²) in [6.45, 7) is 6.14. The normalized spacial score (nSPS) is 13.2. The molecular formula is C23H26N2O3S. The summed E-state index contributed by atoms with van der Waals surface area (Å²) >= 11 is 1.57. The Hall–Kier alpha value is -2.73. The number of aromatic nitrogens is 1. The van der Waals surface area contributed by atoms with E-state index in [9.17, 15) is 9.59 Å². The maximum atomic E-state index is 13.1. The number of thiazole rings is 1. The Morgan fingerprint density at radius 2 is 1.79 bits per heavy atom. The van der Waals surface area contributed by atoms with E-state index in [4.69, 9.17) is 4.74 Å². The topological polar surface area (TPSA) is 68.3 Å². The number of para-hydroxylation sites is 1. The zero-order valence-corrected chi connectivity index (χ0v) is 17.8. The Labute approximate surface area is 175 Å². The van der Waals surface area contributed by atoms with Crippen LogP contribution in [0.3, 0.4) is 0 Å². The van der Waals surface area contributed by atoms with Crippen molar-refractivity contribution < 1.29 is 14.3 Å². The minimum Gasteiger partial charge on any atom is -0.455 e. The molecule has 3 rings (SSSR count). The highest BCUT2D eigenvalue weighted by atomic mass is 32.1. The zero-order valence-electron chi connectivity index (χ0n) is 17.0. The molecule has 0 fully saturated rings. The molecule has 1 atom stereocenters. The van der Waals surface area contributed by atoms with E-state index in [0.29, 0.717) is 18.9 Å². The molecule has 1 heterocycles. The van der Waals surface area contributed by atoms with Gasteiger partial charge in [-0.15, -0.1) is 11.3 Å². The molecule has 0 radical (unpaired) electrons. The predicted octanol–water partition coefficient (Wildman–Crippen LogP) is 4.11. The van der Waals surface area contributed by atoms with Crippen molar-refractivity contribution in [1.82, 2.24) is 10.3 Å². The number of esters is 1. The first kappa shape index (κ1) is 21.0. The summed E-state index contributed by atoms with van der Waals surface area (Å²) in [6.07, 6.45) is 0.406. The lowest BCUT2D eigenvalue weighted by Crippen LogP contribution is -2.39. The zero-order chi connectivity index (χ0) is 20.9. The minimum absolute atomic E-state index is 0.284. The quantitative estimate of drug-likeness (QED) is 0.568. The molecule has 0 aliphatic rings. The van der Waals surface area contributed by atoms with E-state index in [1.165, 1.54) is 0 Å². The van der Waals surface area contributed by atoms with Gasteiger partial charge >= 0.3 is 5.97 Å². The van der Waals surface area contributed by atoms with Gasteiger partial charge in [-0.05, 0) is 30.5 Å². The summed E-state index contributed by atoms with van der Waals surface area (Å²) in [6, 6.07) is 17.4. The lowest BCUT2D eigenvalue weighted by Gasteiger charge is -2.27. The number of nitrogens with one attached hydrogen (secondary N) is 1. The first-order chi connectivity index (χ1) is 13.9. The smallest absolute Gasteiger partial charge is 0.317 e. The van der Waals surface area contributed by atoms with Gasteiger partial charge < -0.3 is 10.1 Å². The maximum absolute atomic E-state index is 13.1. The summed E-state index contributed by atoms with van der Waals surface area (Å²) in [5.41, 5.74) is 0.823. The molecule has 1 N–H and O–H groups in total. The van der Waals surface area contributed by atoms with E-state index in [0.717, 1.165) is 20.8 Å². The highest BCUT2D eigenvalue weighted by molar-refractivity contribution is 7.18. The van der Waals surface area contributed by atoms with Crippen LogP contribution in [-0.4, -0.2) is 30.0 Å². The molecular weight excluding hydrogens is 384 g/mol. The van der Waals surface area contributed by atoms with Gasteiger partial charge in [-0.1, -0.05) is 56.3 Å². The van der Waals surface area contributed by atoms with E-state index in [2.05, 4.69) is 10.3 Å². The van der Waals surface area contributed by atoms with Crippen LogP contribution >= 0.6 is 11.3 Å². The summed E-state index contributed by atoms with van der Waals surface area (Å²) in [7, 11) is 0. The third-order valence-corrected chi connectivity index (χ3v) is 5.78. The number of benzene rings is 2. The minimum atomic E-state index is -0.937. The van der Waals surface area contributed by atoms with Crippen molar-refractivity contribution in [1.29, 1.82) is 0 Å². The summed E-state index contributed by atoms with van der Waals surface area (Å²) in [4.78, 5) is 29.8. The Morgan fingerprint density at radius 1 is 1.10 bits per heavy atom. The van der Waals surface area contributed by atoms with Crippen LogP contribution in [0.5, 0.6) is 0 Å². The summed E-state index contributed by atoms with van der Waals surface area (Å²) in [5.74, 6) is -0.381. The van der Waals surface area contributed by atoms with Gasteiger partial charge in [0.2, 0.25) is 0 Å². The predicted molar refractivity (Wildman–Crippen MR) is 116 cm³/mol. The number of carbonyl (C=O) groups excluding carboxylic acids is 2. The maximum Gasteiger partial charge on any atom is 0.317 e. The summed E-state index contributed by atoms with van der Waals surface area (Å²) < 4.78 is 6.51. The molecule has 0 spiro atoms.